The molecule has 0 aliphatic rings. The van der Waals surface area contributed by atoms with Crippen LogP contribution < -0.4 is 0 Å². The predicted octanol–water partition coefficient (Wildman–Crippen LogP) is 1.41. The van der Waals surface area contributed by atoms with Gasteiger partial charge in [-0.1, -0.05) is 17.7 Å². The predicted molar refractivity (Wildman–Crippen MR) is 52.3 cm³/mol. The molecule has 0 amide bonds. The van der Waals surface area contributed by atoms with Gasteiger partial charge in [0.1, 0.15) is 0 Å². The summed E-state index contributed by atoms with van der Waals surface area (Å²) in [5.74, 6) is 0.642. The summed E-state index contributed by atoms with van der Waals surface area (Å²) >= 11 is 5.72. The fourth-order valence-corrected chi connectivity index (χ4v) is 1.24. The first kappa shape index (κ1) is 9.18. The summed E-state index contributed by atoms with van der Waals surface area (Å²) in [7, 11) is 0. The first-order valence-corrected chi connectivity index (χ1v) is 4.45. The van der Waals surface area contributed by atoms with Gasteiger partial charge < -0.3 is 5.11 Å². The average Bonchev–Trinajstić information content (AvgIpc) is 2.65. The molecule has 0 aliphatic carbocycles. The molecule has 2 rings (SSSR count). The third-order valence-electron chi connectivity index (χ3n) is 1.74. The number of halogens is 1. The van der Waals surface area contributed by atoms with E-state index in [1.165, 1.54) is 6.20 Å². The van der Waals surface area contributed by atoms with Crippen LogP contribution in [0.1, 0.15) is 5.69 Å². The number of rotatable bonds is 2. The molecular formula is C9H8ClN3O. The molecule has 72 valence electrons. The third kappa shape index (κ3) is 1.76. The highest BCUT2D eigenvalue weighted by Crippen LogP contribution is 2.10. The van der Waals surface area contributed by atoms with E-state index < -0.39 is 0 Å². The van der Waals surface area contributed by atoms with Crippen LogP contribution in [0.4, 0.5) is 0 Å². The Hall–Kier alpha value is -1.39. The summed E-state index contributed by atoms with van der Waals surface area (Å²) in [4.78, 5) is 4.17. The fourth-order valence-electron chi connectivity index (χ4n) is 1.11. The lowest BCUT2D eigenvalue weighted by Crippen LogP contribution is -2.00. The SMILES string of the molecule is OCc1cccc(-n2cc(Cl)cn2)n1. The van der Waals surface area contributed by atoms with Crippen molar-refractivity contribution in [1.29, 1.82) is 0 Å². The van der Waals surface area contributed by atoms with Crippen LogP contribution in [0.2, 0.25) is 5.02 Å². The van der Waals surface area contributed by atoms with Gasteiger partial charge in [-0.05, 0) is 12.1 Å². The maximum absolute atomic E-state index is 8.90. The summed E-state index contributed by atoms with van der Waals surface area (Å²) in [6, 6.07) is 5.35. The quantitative estimate of drug-likeness (QED) is 0.814. The molecule has 14 heavy (non-hydrogen) atoms. The van der Waals surface area contributed by atoms with Gasteiger partial charge in [0.2, 0.25) is 0 Å². The zero-order valence-corrected chi connectivity index (χ0v) is 8.02. The summed E-state index contributed by atoms with van der Waals surface area (Å²) in [6.45, 7) is -0.0805. The second-order valence-electron chi connectivity index (χ2n) is 2.75. The molecule has 0 saturated carbocycles. The van der Waals surface area contributed by atoms with Crippen molar-refractivity contribution >= 4 is 11.6 Å². The fraction of sp³-hybridized carbons (Fsp3) is 0.111. The molecule has 0 bridgehead atoms. The van der Waals surface area contributed by atoms with Crippen LogP contribution in [-0.2, 0) is 6.61 Å². The van der Waals surface area contributed by atoms with E-state index in [4.69, 9.17) is 16.7 Å². The minimum atomic E-state index is -0.0805. The highest BCUT2D eigenvalue weighted by molar-refractivity contribution is 6.30. The molecule has 2 heterocycles. The van der Waals surface area contributed by atoms with Crippen LogP contribution in [-0.4, -0.2) is 19.9 Å². The summed E-state index contributed by atoms with van der Waals surface area (Å²) in [5.41, 5.74) is 0.606. The summed E-state index contributed by atoms with van der Waals surface area (Å²) in [6.07, 6.45) is 3.19. The largest absolute Gasteiger partial charge is 0.390 e. The first-order valence-electron chi connectivity index (χ1n) is 4.07. The Morgan fingerprint density at radius 3 is 2.93 bits per heavy atom. The number of aliphatic hydroxyl groups is 1. The number of aliphatic hydroxyl groups excluding tert-OH is 1. The van der Waals surface area contributed by atoms with Gasteiger partial charge in [0, 0.05) is 0 Å². The Morgan fingerprint density at radius 2 is 2.29 bits per heavy atom. The van der Waals surface area contributed by atoms with Crippen LogP contribution >= 0.6 is 11.6 Å². The number of hydrogen-bond donors (Lipinski definition) is 1. The molecule has 0 atom stereocenters. The molecule has 0 fully saturated rings. The van der Waals surface area contributed by atoms with Crippen LogP contribution in [0.5, 0.6) is 0 Å². The molecule has 0 radical (unpaired) electrons. The molecule has 1 N–H and O–H groups in total. The monoisotopic (exact) mass is 209 g/mol. The van der Waals surface area contributed by atoms with Gasteiger partial charge in [-0.15, -0.1) is 0 Å². The van der Waals surface area contributed by atoms with Crippen molar-refractivity contribution in [3.63, 3.8) is 0 Å². The molecule has 0 aromatic carbocycles. The molecule has 5 heteroatoms. The van der Waals surface area contributed by atoms with Gasteiger partial charge >= 0.3 is 0 Å². The van der Waals surface area contributed by atoms with Crippen molar-refractivity contribution in [2.45, 2.75) is 6.61 Å². The van der Waals surface area contributed by atoms with E-state index in [-0.39, 0.29) is 6.61 Å². The topological polar surface area (TPSA) is 50.9 Å². The zero-order chi connectivity index (χ0) is 9.97. The van der Waals surface area contributed by atoms with Crippen molar-refractivity contribution in [3.05, 3.63) is 41.3 Å². The average molecular weight is 210 g/mol. The van der Waals surface area contributed by atoms with Crippen LogP contribution in [0.15, 0.2) is 30.6 Å². The molecule has 0 saturated heterocycles. The molecule has 0 unspecified atom stereocenters. The smallest absolute Gasteiger partial charge is 0.153 e. The van der Waals surface area contributed by atoms with E-state index in [0.717, 1.165) is 0 Å². The highest BCUT2D eigenvalue weighted by Gasteiger charge is 2.00. The number of aromatic nitrogens is 3. The minimum absolute atomic E-state index is 0.0805. The van der Waals surface area contributed by atoms with E-state index in [0.29, 0.717) is 16.5 Å². The van der Waals surface area contributed by atoms with Gasteiger partial charge in [-0.2, -0.15) is 5.10 Å². The summed E-state index contributed by atoms with van der Waals surface area (Å²) < 4.78 is 1.56. The van der Waals surface area contributed by atoms with E-state index >= 15 is 0 Å². The Labute approximate surface area is 85.8 Å². The van der Waals surface area contributed by atoms with Crippen molar-refractivity contribution in [3.8, 4) is 5.82 Å². The Morgan fingerprint density at radius 1 is 1.43 bits per heavy atom. The highest BCUT2D eigenvalue weighted by atomic mass is 35.5. The molecule has 0 aliphatic heterocycles. The molecule has 2 aromatic heterocycles. The van der Waals surface area contributed by atoms with Gasteiger partial charge in [0.25, 0.3) is 0 Å². The van der Waals surface area contributed by atoms with Crippen molar-refractivity contribution in [1.82, 2.24) is 14.8 Å². The first-order chi connectivity index (χ1) is 6.79. The number of nitrogens with zero attached hydrogens (tertiary/aromatic N) is 3. The normalized spacial score (nSPS) is 10.4. The standard InChI is InChI=1S/C9H8ClN3O/c10-7-4-11-13(5-7)9-3-1-2-8(6-14)12-9/h1-5,14H,6H2. The van der Waals surface area contributed by atoms with Crippen LogP contribution in [0, 0.1) is 0 Å². The molecule has 2 aromatic rings. The van der Waals surface area contributed by atoms with Crippen molar-refractivity contribution < 1.29 is 5.11 Å². The Kier molecular flexibility index (Phi) is 2.47. The Bertz CT molecular complexity index is 441. The van der Waals surface area contributed by atoms with Crippen molar-refractivity contribution in [2.75, 3.05) is 0 Å². The molecular weight excluding hydrogens is 202 g/mol. The van der Waals surface area contributed by atoms with Crippen LogP contribution in [0.25, 0.3) is 5.82 Å². The molecule has 0 spiro atoms. The van der Waals surface area contributed by atoms with Crippen LogP contribution in [0.3, 0.4) is 0 Å². The van der Waals surface area contributed by atoms with E-state index in [2.05, 4.69) is 10.1 Å². The van der Waals surface area contributed by atoms with Crippen molar-refractivity contribution in [2.24, 2.45) is 0 Å². The minimum Gasteiger partial charge on any atom is -0.390 e. The second kappa shape index (κ2) is 3.77. The van der Waals surface area contributed by atoms with E-state index in [1.54, 1.807) is 23.0 Å². The lowest BCUT2D eigenvalue weighted by atomic mass is 10.3. The van der Waals surface area contributed by atoms with Gasteiger partial charge in [-0.3, -0.25) is 0 Å². The van der Waals surface area contributed by atoms with E-state index in [1.807, 2.05) is 6.07 Å². The van der Waals surface area contributed by atoms with E-state index in [9.17, 15) is 0 Å². The lowest BCUT2D eigenvalue weighted by molar-refractivity contribution is 0.276. The zero-order valence-electron chi connectivity index (χ0n) is 7.26. The maximum atomic E-state index is 8.90. The molecule has 4 nitrogen and oxygen atoms in total. The second-order valence-corrected chi connectivity index (χ2v) is 3.18. The third-order valence-corrected chi connectivity index (χ3v) is 1.94. The van der Waals surface area contributed by atoms with Gasteiger partial charge in [-0.25, -0.2) is 9.67 Å². The Balaban J connectivity index is 2.41. The number of hydrogen-bond acceptors (Lipinski definition) is 3. The summed E-state index contributed by atoms with van der Waals surface area (Å²) in [5, 5.41) is 13.5. The lowest BCUT2D eigenvalue weighted by Gasteiger charge is -2.01. The maximum Gasteiger partial charge on any atom is 0.153 e. The van der Waals surface area contributed by atoms with Gasteiger partial charge in [0.15, 0.2) is 5.82 Å². The van der Waals surface area contributed by atoms with Gasteiger partial charge in [0.05, 0.1) is 29.7 Å². The number of pyridine rings is 1.